The largest absolute Gasteiger partial charge is 0.352 e. The van der Waals surface area contributed by atoms with Crippen molar-refractivity contribution in [2.45, 2.75) is 59.5 Å². The van der Waals surface area contributed by atoms with E-state index in [1.807, 2.05) is 0 Å². The van der Waals surface area contributed by atoms with Gasteiger partial charge in [-0.2, -0.15) is 0 Å². The van der Waals surface area contributed by atoms with Crippen LogP contribution < -0.4 is 11.1 Å². The van der Waals surface area contributed by atoms with Gasteiger partial charge in [0, 0.05) is 6.04 Å². The molecule has 0 spiro atoms. The molecule has 0 aromatic heterocycles. The van der Waals surface area contributed by atoms with Crippen molar-refractivity contribution in [3.8, 4) is 0 Å². The van der Waals surface area contributed by atoms with Crippen LogP contribution in [-0.4, -0.2) is 18.0 Å². The second-order valence-electron chi connectivity index (χ2n) is 5.00. The predicted octanol–water partition coefficient (Wildman–Crippen LogP) is 1.91. The van der Waals surface area contributed by atoms with Gasteiger partial charge in [-0.3, -0.25) is 4.79 Å². The molecular weight excluding hydrogens is 188 g/mol. The average Bonchev–Trinajstić information content (AvgIpc) is 2.11. The first-order chi connectivity index (χ1) is 6.88. The molecule has 0 aliphatic rings. The Morgan fingerprint density at radius 1 is 1.27 bits per heavy atom. The summed E-state index contributed by atoms with van der Waals surface area (Å²) >= 11 is 0. The first-order valence-corrected chi connectivity index (χ1v) is 5.94. The molecule has 0 saturated heterocycles. The van der Waals surface area contributed by atoms with Gasteiger partial charge in [0.05, 0.1) is 6.04 Å². The summed E-state index contributed by atoms with van der Waals surface area (Å²) in [6.07, 6.45) is 1.71. The van der Waals surface area contributed by atoms with Crippen LogP contribution in [-0.2, 0) is 4.79 Å². The highest BCUT2D eigenvalue weighted by molar-refractivity contribution is 5.81. The summed E-state index contributed by atoms with van der Waals surface area (Å²) in [6, 6.07) is -0.117. The van der Waals surface area contributed by atoms with Crippen molar-refractivity contribution in [1.29, 1.82) is 0 Å². The fourth-order valence-electron chi connectivity index (χ4n) is 1.64. The van der Waals surface area contributed by atoms with E-state index >= 15 is 0 Å². The zero-order chi connectivity index (χ0) is 12.0. The van der Waals surface area contributed by atoms with Crippen LogP contribution in [0.1, 0.15) is 47.5 Å². The zero-order valence-corrected chi connectivity index (χ0v) is 10.7. The molecule has 15 heavy (non-hydrogen) atoms. The van der Waals surface area contributed by atoms with Crippen LogP contribution in [0.5, 0.6) is 0 Å². The van der Waals surface area contributed by atoms with E-state index in [4.69, 9.17) is 5.73 Å². The molecule has 0 radical (unpaired) electrons. The molecule has 3 heteroatoms. The molecule has 1 amide bonds. The molecular formula is C12H26N2O. The number of nitrogens with two attached hydrogens (primary N) is 1. The fourth-order valence-corrected chi connectivity index (χ4v) is 1.64. The van der Waals surface area contributed by atoms with Crippen LogP contribution in [0.25, 0.3) is 0 Å². The van der Waals surface area contributed by atoms with Gasteiger partial charge < -0.3 is 11.1 Å². The van der Waals surface area contributed by atoms with Gasteiger partial charge in [0.2, 0.25) is 5.91 Å². The van der Waals surface area contributed by atoms with Crippen molar-refractivity contribution >= 4 is 5.91 Å². The lowest BCUT2D eigenvalue weighted by atomic mass is 9.99. The molecule has 0 aromatic rings. The monoisotopic (exact) mass is 214 g/mol. The Morgan fingerprint density at radius 2 is 1.80 bits per heavy atom. The summed E-state index contributed by atoms with van der Waals surface area (Å²) in [5.74, 6) is 0.916. The van der Waals surface area contributed by atoms with Gasteiger partial charge in [0.25, 0.3) is 0 Å². The highest BCUT2D eigenvalue weighted by atomic mass is 16.2. The third-order valence-electron chi connectivity index (χ3n) is 2.63. The minimum Gasteiger partial charge on any atom is -0.352 e. The lowest BCUT2D eigenvalue weighted by molar-refractivity contribution is -0.123. The van der Waals surface area contributed by atoms with E-state index < -0.39 is 0 Å². The minimum atomic E-state index is -0.363. The Balaban J connectivity index is 4.10. The fraction of sp³-hybridized carbons (Fsp3) is 0.917. The smallest absolute Gasteiger partial charge is 0.237 e. The van der Waals surface area contributed by atoms with Crippen LogP contribution in [0.4, 0.5) is 0 Å². The van der Waals surface area contributed by atoms with Crippen molar-refractivity contribution in [1.82, 2.24) is 5.32 Å². The number of hydrogen-bond acceptors (Lipinski definition) is 2. The van der Waals surface area contributed by atoms with Crippen molar-refractivity contribution < 1.29 is 4.79 Å². The zero-order valence-electron chi connectivity index (χ0n) is 10.7. The van der Waals surface area contributed by atoms with Gasteiger partial charge >= 0.3 is 0 Å². The number of carbonyl (C=O) groups is 1. The van der Waals surface area contributed by atoms with Gasteiger partial charge in [0.1, 0.15) is 0 Å². The van der Waals surface area contributed by atoms with E-state index in [0.717, 1.165) is 12.8 Å². The number of nitrogens with one attached hydrogen (secondary N) is 1. The van der Waals surface area contributed by atoms with E-state index in [-0.39, 0.29) is 18.0 Å². The molecule has 0 aliphatic heterocycles. The summed E-state index contributed by atoms with van der Waals surface area (Å²) in [7, 11) is 0. The van der Waals surface area contributed by atoms with Crippen LogP contribution in [0, 0.1) is 11.8 Å². The quantitative estimate of drug-likeness (QED) is 0.709. The molecule has 0 rings (SSSR count). The lowest BCUT2D eigenvalue weighted by Gasteiger charge is -2.23. The maximum Gasteiger partial charge on any atom is 0.237 e. The van der Waals surface area contributed by atoms with E-state index in [9.17, 15) is 4.79 Å². The van der Waals surface area contributed by atoms with Gasteiger partial charge in [-0.15, -0.1) is 0 Å². The normalized spacial score (nSPS) is 15.5. The Morgan fingerprint density at radius 3 is 2.13 bits per heavy atom. The number of hydrogen-bond donors (Lipinski definition) is 2. The van der Waals surface area contributed by atoms with Crippen LogP contribution in [0.15, 0.2) is 0 Å². The van der Waals surface area contributed by atoms with Gasteiger partial charge in [-0.05, 0) is 24.7 Å². The van der Waals surface area contributed by atoms with Crippen molar-refractivity contribution in [3.05, 3.63) is 0 Å². The Hall–Kier alpha value is -0.570. The van der Waals surface area contributed by atoms with Crippen LogP contribution in [0.2, 0.25) is 0 Å². The Kier molecular flexibility index (Phi) is 6.57. The molecule has 0 bridgehead atoms. The summed E-state index contributed by atoms with van der Waals surface area (Å²) in [5.41, 5.74) is 5.81. The number of amides is 1. The average molecular weight is 214 g/mol. The number of carbonyl (C=O) groups excluding carboxylic acids is 1. The standard InChI is InChI=1S/C12H26N2O/c1-6-11(9(4)5)14-12(15)10(13)7-8(2)3/h8-11H,6-7,13H2,1-5H3,(H,14,15). The molecule has 0 fully saturated rings. The van der Waals surface area contributed by atoms with Crippen LogP contribution in [0.3, 0.4) is 0 Å². The van der Waals surface area contributed by atoms with Crippen molar-refractivity contribution in [2.75, 3.05) is 0 Å². The maximum atomic E-state index is 11.7. The highest BCUT2D eigenvalue weighted by Gasteiger charge is 2.19. The Bertz CT molecular complexity index is 190. The lowest BCUT2D eigenvalue weighted by Crippen LogP contribution is -2.47. The molecule has 0 heterocycles. The van der Waals surface area contributed by atoms with Crippen molar-refractivity contribution in [2.24, 2.45) is 17.6 Å². The van der Waals surface area contributed by atoms with Crippen molar-refractivity contribution in [3.63, 3.8) is 0 Å². The molecule has 0 saturated carbocycles. The van der Waals surface area contributed by atoms with Crippen LogP contribution >= 0.6 is 0 Å². The molecule has 2 unspecified atom stereocenters. The second-order valence-corrected chi connectivity index (χ2v) is 5.00. The third kappa shape index (κ3) is 5.78. The van der Waals surface area contributed by atoms with Gasteiger partial charge in [0.15, 0.2) is 0 Å². The third-order valence-corrected chi connectivity index (χ3v) is 2.63. The molecule has 3 nitrogen and oxygen atoms in total. The van der Waals surface area contributed by atoms with E-state index in [2.05, 4.69) is 39.9 Å². The Labute approximate surface area is 93.8 Å². The summed E-state index contributed by atoms with van der Waals surface area (Å²) in [6.45, 7) is 10.5. The highest BCUT2D eigenvalue weighted by Crippen LogP contribution is 2.07. The molecule has 2 atom stereocenters. The second kappa shape index (κ2) is 6.83. The minimum absolute atomic E-state index is 0.00995. The number of rotatable bonds is 6. The summed E-state index contributed by atoms with van der Waals surface area (Å²) in [5, 5.41) is 3.01. The molecule has 0 aliphatic carbocycles. The predicted molar refractivity (Wildman–Crippen MR) is 64.5 cm³/mol. The molecule has 90 valence electrons. The topological polar surface area (TPSA) is 55.1 Å². The molecule has 0 aromatic carbocycles. The first kappa shape index (κ1) is 14.4. The van der Waals surface area contributed by atoms with Gasteiger partial charge in [-0.25, -0.2) is 0 Å². The first-order valence-electron chi connectivity index (χ1n) is 5.94. The summed E-state index contributed by atoms with van der Waals surface area (Å²) in [4.78, 5) is 11.7. The van der Waals surface area contributed by atoms with Gasteiger partial charge in [-0.1, -0.05) is 34.6 Å². The van der Waals surface area contributed by atoms with E-state index in [0.29, 0.717) is 11.8 Å². The molecule has 3 N–H and O–H groups in total. The van der Waals surface area contributed by atoms with E-state index in [1.165, 1.54) is 0 Å². The maximum absolute atomic E-state index is 11.7. The summed E-state index contributed by atoms with van der Waals surface area (Å²) < 4.78 is 0. The van der Waals surface area contributed by atoms with E-state index in [1.54, 1.807) is 0 Å². The SMILES string of the molecule is CCC(NC(=O)C(N)CC(C)C)C(C)C.